The van der Waals surface area contributed by atoms with E-state index < -0.39 is 5.82 Å². The number of nitrogens with two attached hydrogens (primary N) is 1. The Balaban J connectivity index is 2.03. The summed E-state index contributed by atoms with van der Waals surface area (Å²) >= 11 is 5.72. The van der Waals surface area contributed by atoms with Crippen LogP contribution in [0.25, 0.3) is 22.8 Å². The number of hydrogen-bond donors (Lipinski definition) is 2. The maximum atomic E-state index is 13.1. The van der Waals surface area contributed by atoms with Crippen LogP contribution in [0.1, 0.15) is 0 Å². The highest BCUT2D eigenvalue weighted by Crippen LogP contribution is 2.33. The molecule has 0 aliphatic rings. The van der Waals surface area contributed by atoms with Crippen molar-refractivity contribution in [2.45, 2.75) is 0 Å². The smallest absolute Gasteiger partial charge is 0.262 e. The molecule has 0 saturated carbocycles. The van der Waals surface area contributed by atoms with Crippen LogP contribution in [0.5, 0.6) is 5.75 Å². The van der Waals surface area contributed by atoms with E-state index in [0.29, 0.717) is 11.1 Å². The van der Waals surface area contributed by atoms with E-state index >= 15 is 0 Å². The molecule has 3 N–H and O–H groups in total. The van der Waals surface area contributed by atoms with E-state index in [-0.39, 0.29) is 28.2 Å². The fourth-order valence-electron chi connectivity index (χ4n) is 1.82. The van der Waals surface area contributed by atoms with Crippen molar-refractivity contribution in [1.29, 1.82) is 0 Å². The molecule has 7 heteroatoms. The van der Waals surface area contributed by atoms with E-state index in [1.807, 2.05) is 0 Å². The number of phenolic OH excluding ortho intramolecular Hbond substituents is 1. The molecule has 0 aliphatic heterocycles. The SMILES string of the molecule is Nc1cccc(-c2nc(-c3ccc(F)c(Cl)c3)no2)c1O. The summed E-state index contributed by atoms with van der Waals surface area (Å²) in [7, 11) is 0. The van der Waals surface area contributed by atoms with Crippen molar-refractivity contribution in [3.8, 4) is 28.6 Å². The molecule has 1 heterocycles. The summed E-state index contributed by atoms with van der Waals surface area (Å²) in [6.07, 6.45) is 0. The van der Waals surface area contributed by atoms with Gasteiger partial charge in [0.2, 0.25) is 5.82 Å². The Labute approximate surface area is 123 Å². The molecule has 0 saturated heterocycles. The fraction of sp³-hybridized carbons (Fsp3) is 0. The number of phenols is 1. The second kappa shape index (κ2) is 5.06. The van der Waals surface area contributed by atoms with E-state index in [1.165, 1.54) is 18.2 Å². The van der Waals surface area contributed by atoms with Crippen LogP contribution in [0.3, 0.4) is 0 Å². The van der Waals surface area contributed by atoms with Crippen molar-refractivity contribution in [2.75, 3.05) is 5.73 Å². The number of hydrogen-bond acceptors (Lipinski definition) is 5. The molecular weight excluding hydrogens is 297 g/mol. The standard InChI is InChI=1S/C14H9ClFN3O2/c15-9-6-7(4-5-10(9)16)13-18-14(21-19-13)8-2-1-3-11(17)12(8)20/h1-6,20H,17H2. The minimum Gasteiger partial charge on any atom is -0.505 e. The molecule has 0 bridgehead atoms. The Bertz CT molecular complexity index is 820. The average Bonchev–Trinajstić information content (AvgIpc) is 2.94. The van der Waals surface area contributed by atoms with Gasteiger partial charge >= 0.3 is 0 Å². The maximum Gasteiger partial charge on any atom is 0.262 e. The largest absolute Gasteiger partial charge is 0.505 e. The lowest BCUT2D eigenvalue weighted by Crippen LogP contribution is -1.88. The molecular formula is C14H9ClFN3O2. The number of aromatic nitrogens is 2. The highest BCUT2D eigenvalue weighted by Gasteiger charge is 2.16. The first-order valence-corrected chi connectivity index (χ1v) is 6.31. The zero-order chi connectivity index (χ0) is 15.0. The first kappa shape index (κ1) is 13.4. The van der Waals surface area contributed by atoms with Crippen LogP contribution < -0.4 is 5.73 Å². The van der Waals surface area contributed by atoms with Gasteiger partial charge in [-0.05, 0) is 30.3 Å². The summed E-state index contributed by atoms with van der Waals surface area (Å²) in [4.78, 5) is 4.15. The third kappa shape index (κ3) is 2.41. The fourth-order valence-corrected chi connectivity index (χ4v) is 2.00. The summed E-state index contributed by atoms with van der Waals surface area (Å²) in [5, 5.41) is 13.6. The molecule has 106 valence electrons. The lowest BCUT2D eigenvalue weighted by Gasteiger charge is -2.01. The molecule has 0 spiro atoms. The number of nitrogen functional groups attached to an aromatic ring is 1. The van der Waals surface area contributed by atoms with Gasteiger partial charge < -0.3 is 15.4 Å². The number of anilines is 1. The number of benzene rings is 2. The number of rotatable bonds is 2. The maximum absolute atomic E-state index is 13.1. The van der Waals surface area contributed by atoms with Gasteiger partial charge in [0, 0.05) is 5.56 Å². The van der Waals surface area contributed by atoms with Crippen LogP contribution in [0.4, 0.5) is 10.1 Å². The van der Waals surface area contributed by atoms with E-state index in [1.54, 1.807) is 18.2 Å². The van der Waals surface area contributed by atoms with Gasteiger partial charge in [-0.25, -0.2) is 4.39 Å². The van der Waals surface area contributed by atoms with Crippen molar-refractivity contribution in [1.82, 2.24) is 10.1 Å². The molecule has 0 aliphatic carbocycles. The zero-order valence-electron chi connectivity index (χ0n) is 10.5. The number of nitrogens with zero attached hydrogens (tertiary/aromatic N) is 2. The molecule has 3 rings (SSSR count). The molecule has 21 heavy (non-hydrogen) atoms. The van der Waals surface area contributed by atoms with E-state index in [9.17, 15) is 9.50 Å². The molecule has 0 atom stereocenters. The second-order valence-corrected chi connectivity index (χ2v) is 4.70. The van der Waals surface area contributed by atoms with Gasteiger partial charge in [-0.2, -0.15) is 4.98 Å². The number of aromatic hydroxyl groups is 1. The van der Waals surface area contributed by atoms with Gasteiger partial charge in [0.25, 0.3) is 5.89 Å². The monoisotopic (exact) mass is 305 g/mol. The van der Waals surface area contributed by atoms with Gasteiger partial charge in [-0.1, -0.05) is 22.8 Å². The first-order chi connectivity index (χ1) is 10.1. The van der Waals surface area contributed by atoms with Crippen LogP contribution in [0.15, 0.2) is 40.9 Å². The summed E-state index contributed by atoms with van der Waals surface area (Å²) < 4.78 is 18.2. The summed E-state index contributed by atoms with van der Waals surface area (Å²) in [6.45, 7) is 0. The Hall–Kier alpha value is -2.60. The molecule has 5 nitrogen and oxygen atoms in total. The van der Waals surface area contributed by atoms with Gasteiger partial charge in [0.05, 0.1) is 16.3 Å². The van der Waals surface area contributed by atoms with Crippen LogP contribution in [-0.4, -0.2) is 15.2 Å². The first-order valence-electron chi connectivity index (χ1n) is 5.93. The van der Waals surface area contributed by atoms with Crippen LogP contribution in [0.2, 0.25) is 5.02 Å². The Morgan fingerprint density at radius 3 is 2.81 bits per heavy atom. The van der Waals surface area contributed by atoms with Crippen molar-refractivity contribution in [2.24, 2.45) is 0 Å². The van der Waals surface area contributed by atoms with Crippen LogP contribution in [-0.2, 0) is 0 Å². The highest BCUT2D eigenvalue weighted by molar-refractivity contribution is 6.31. The molecule has 1 aromatic heterocycles. The van der Waals surface area contributed by atoms with E-state index in [0.717, 1.165) is 0 Å². The summed E-state index contributed by atoms with van der Waals surface area (Å²) in [6, 6.07) is 8.89. The van der Waals surface area contributed by atoms with Gasteiger partial charge in [-0.3, -0.25) is 0 Å². The lowest BCUT2D eigenvalue weighted by molar-refractivity contribution is 0.426. The highest BCUT2D eigenvalue weighted by atomic mass is 35.5. The molecule has 0 radical (unpaired) electrons. The molecule has 3 aromatic rings. The number of para-hydroxylation sites is 1. The molecule has 2 aromatic carbocycles. The van der Waals surface area contributed by atoms with Crippen molar-refractivity contribution >= 4 is 17.3 Å². The lowest BCUT2D eigenvalue weighted by atomic mass is 10.1. The van der Waals surface area contributed by atoms with Gasteiger partial charge in [0.1, 0.15) is 5.82 Å². The van der Waals surface area contributed by atoms with E-state index in [4.69, 9.17) is 21.9 Å². The minimum atomic E-state index is -0.530. The predicted molar refractivity (Wildman–Crippen MR) is 76.2 cm³/mol. The second-order valence-electron chi connectivity index (χ2n) is 4.30. The Morgan fingerprint density at radius 2 is 2.05 bits per heavy atom. The topological polar surface area (TPSA) is 85.2 Å². The Kier molecular flexibility index (Phi) is 3.23. The van der Waals surface area contributed by atoms with Gasteiger partial charge in [0.15, 0.2) is 5.75 Å². The molecule has 0 fully saturated rings. The predicted octanol–water partition coefficient (Wildman–Crippen LogP) is 3.48. The van der Waals surface area contributed by atoms with Crippen LogP contribution in [0, 0.1) is 5.82 Å². The third-order valence-corrected chi connectivity index (χ3v) is 3.19. The summed E-state index contributed by atoms with van der Waals surface area (Å²) in [5.74, 6) is -0.327. The van der Waals surface area contributed by atoms with Gasteiger partial charge in [-0.15, -0.1) is 0 Å². The third-order valence-electron chi connectivity index (χ3n) is 2.90. The van der Waals surface area contributed by atoms with Crippen molar-refractivity contribution < 1.29 is 14.0 Å². The normalized spacial score (nSPS) is 10.8. The quantitative estimate of drug-likeness (QED) is 0.559. The van der Waals surface area contributed by atoms with E-state index in [2.05, 4.69) is 10.1 Å². The van der Waals surface area contributed by atoms with Crippen molar-refractivity contribution in [3.63, 3.8) is 0 Å². The minimum absolute atomic E-state index is 0.0364. The van der Waals surface area contributed by atoms with Crippen LogP contribution >= 0.6 is 11.6 Å². The summed E-state index contributed by atoms with van der Waals surface area (Å²) in [5.41, 5.74) is 6.64. The average molecular weight is 306 g/mol. The Morgan fingerprint density at radius 1 is 1.24 bits per heavy atom. The zero-order valence-corrected chi connectivity index (χ0v) is 11.3. The molecule has 0 unspecified atom stereocenters. The molecule has 0 amide bonds. The van der Waals surface area contributed by atoms with Crippen molar-refractivity contribution in [3.05, 3.63) is 47.2 Å². The number of halogens is 2.